The van der Waals surface area contributed by atoms with Gasteiger partial charge in [-0.05, 0) is 38.0 Å². The molecule has 3 fully saturated rings. The number of rotatable bonds is 3. The van der Waals surface area contributed by atoms with Crippen molar-refractivity contribution in [2.24, 2.45) is 17.0 Å². The molecule has 0 aromatic rings. The molecule has 16 heavy (non-hydrogen) atoms. The van der Waals surface area contributed by atoms with Crippen LogP contribution in [0, 0.1) is 11.8 Å². The molecule has 0 amide bonds. The Morgan fingerprint density at radius 2 is 2.31 bits per heavy atom. The first-order valence-corrected chi connectivity index (χ1v) is 6.45. The molecule has 0 aromatic carbocycles. The van der Waals surface area contributed by atoms with Crippen molar-refractivity contribution in [3.05, 3.63) is 0 Å². The molecular weight excluding hydrogens is 204 g/mol. The van der Waals surface area contributed by atoms with E-state index in [4.69, 9.17) is 9.94 Å². The fourth-order valence-electron chi connectivity index (χ4n) is 3.56. The molecule has 3 rings (SSSR count). The quantitative estimate of drug-likeness (QED) is 0.562. The number of nitrogens with zero attached hydrogens (tertiary/aromatic N) is 1. The molecule has 4 heteroatoms. The van der Waals surface area contributed by atoms with Crippen LogP contribution in [0.2, 0.25) is 0 Å². The molecule has 4 atom stereocenters. The predicted octanol–water partition coefficient (Wildman–Crippen LogP) is 1.38. The number of hydrogen-bond acceptors (Lipinski definition) is 4. The molecule has 4 nitrogen and oxygen atoms in total. The van der Waals surface area contributed by atoms with E-state index in [0.29, 0.717) is 24.0 Å². The molecule has 0 spiro atoms. The molecule has 3 aliphatic rings. The van der Waals surface area contributed by atoms with Crippen LogP contribution in [0.4, 0.5) is 0 Å². The molecule has 2 N–H and O–H groups in total. The summed E-state index contributed by atoms with van der Waals surface area (Å²) in [6, 6.07) is 0.313. The van der Waals surface area contributed by atoms with Gasteiger partial charge in [0.05, 0.1) is 17.9 Å². The Kier molecular flexibility index (Phi) is 2.86. The van der Waals surface area contributed by atoms with Gasteiger partial charge in [-0.25, -0.2) is 0 Å². The van der Waals surface area contributed by atoms with Gasteiger partial charge < -0.3 is 15.3 Å². The molecule has 1 saturated heterocycles. The first-order chi connectivity index (χ1) is 7.88. The van der Waals surface area contributed by atoms with E-state index in [-0.39, 0.29) is 0 Å². The lowest BCUT2D eigenvalue weighted by atomic mass is 9.93. The van der Waals surface area contributed by atoms with Crippen molar-refractivity contribution in [2.75, 3.05) is 13.2 Å². The first kappa shape index (κ1) is 10.5. The second kappa shape index (κ2) is 4.34. The average Bonchev–Trinajstić information content (AvgIpc) is 3.01. The maximum atomic E-state index is 9.07. The van der Waals surface area contributed by atoms with E-state index < -0.39 is 0 Å². The lowest BCUT2D eigenvalue weighted by molar-refractivity contribution is 0.107. The zero-order valence-electron chi connectivity index (χ0n) is 9.56. The molecule has 2 bridgehead atoms. The smallest absolute Gasteiger partial charge is 0.0773 e. The van der Waals surface area contributed by atoms with Crippen molar-refractivity contribution in [1.82, 2.24) is 5.32 Å². The van der Waals surface area contributed by atoms with Crippen molar-refractivity contribution in [1.29, 1.82) is 0 Å². The molecular formula is C12H20N2O2. The monoisotopic (exact) mass is 224 g/mol. The third-order valence-electron chi connectivity index (χ3n) is 4.39. The molecule has 0 aromatic heterocycles. The lowest BCUT2D eigenvalue weighted by Crippen LogP contribution is -2.44. The summed E-state index contributed by atoms with van der Waals surface area (Å²) in [5.74, 6) is 1.23. The van der Waals surface area contributed by atoms with Gasteiger partial charge in [0.15, 0.2) is 0 Å². The van der Waals surface area contributed by atoms with Gasteiger partial charge in [0, 0.05) is 19.1 Å². The minimum absolute atomic E-state index is 0.313. The second-order valence-electron chi connectivity index (χ2n) is 5.32. The van der Waals surface area contributed by atoms with Gasteiger partial charge in [-0.15, -0.1) is 0 Å². The van der Waals surface area contributed by atoms with Gasteiger partial charge in [-0.2, -0.15) is 0 Å². The Hall–Kier alpha value is -0.610. The maximum absolute atomic E-state index is 9.07. The third kappa shape index (κ3) is 1.74. The standard InChI is InChI=1S/C12H20N2O2/c15-14-12-9-4-3-8(6-9)11(12)13-7-10-2-1-5-16-10/h8-11,13,15H,1-7H2/b14-12+/t8-,9-,10-,11+/m0/s1. The summed E-state index contributed by atoms with van der Waals surface area (Å²) in [6.07, 6.45) is 6.43. The Morgan fingerprint density at radius 1 is 1.38 bits per heavy atom. The molecule has 90 valence electrons. The highest BCUT2D eigenvalue weighted by Crippen LogP contribution is 2.42. The van der Waals surface area contributed by atoms with Crippen molar-refractivity contribution < 1.29 is 9.94 Å². The number of oxime groups is 1. The number of nitrogens with one attached hydrogen (secondary N) is 1. The van der Waals surface area contributed by atoms with Crippen molar-refractivity contribution >= 4 is 5.71 Å². The van der Waals surface area contributed by atoms with Gasteiger partial charge in [0.2, 0.25) is 0 Å². The summed E-state index contributed by atoms with van der Waals surface area (Å²) < 4.78 is 5.60. The summed E-state index contributed by atoms with van der Waals surface area (Å²) in [7, 11) is 0. The van der Waals surface area contributed by atoms with Gasteiger partial charge in [-0.1, -0.05) is 5.16 Å². The van der Waals surface area contributed by atoms with Crippen LogP contribution < -0.4 is 5.32 Å². The van der Waals surface area contributed by atoms with Crippen LogP contribution in [0.15, 0.2) is 5.16 Å². The van der Waals surface area contributed by atoms with Gasteiger partial charge in [0.1, 0.15) is 0 Å². The molecule has 0 unspecified atom stereocenters. The van der Waals surface area contributed by atoms with Crippen LogP contribution in [0.25, 0.3) is 0 Å². The highest BCUT2D eigenvalue weighted by Gasteiger charge is 2.45. The number of fused-ring (bicyclic) bond motifs is 2. The summed E-state index contributed by atoms with van der Waals surface area (Å²) >= 11 is 0. The topological polar surface area (TPSA) is 53.9 Å². The van der Waals surface area contributed by atoms with Gasteiger partial charge in [0.25, 0.3) is 0 Å². The van der Waals surface area contributed by atoms with Crippen molar-refractivity contribution in [3.8, 4) is 0 Å². The van der Waals surface area contributed by atoms with Crippen LogP contribution in [-0.4, -0.2) is 36.2 Å². The third-order valence-corrected chi connectivity index (χ3v) is 4.39. The maximum Gasteiger partial charge on any atom is 0.0773 e. The average molecular weight is 224 g/mol. The van der Waals surface area contributed by atoms with Gasteiger partial charge in [-0.3, -0.25) is 0 Å². The van der Waals surface area contributed by atoms with Crippen molar-refractivity contribution in [2.45, 2.75) is 44.2 Å². The van der Waals surface area contributed by atoms with E-state index in [1.165, 1.54) is 32.1 Å². The van der Waals surface area contributed by atoms with E-state index in [0.717, 1.165) is 18.9 Å². The van der Waals surface area contributed by atoms with Crippen LogP contribution in [-0.2, 0) is 4.74 Å². The molecule has 1 heterocycles. The number of ether oxygens (including phenoxy) is 1. The van der Waals surface area contributed by atoms with E-state index >= 15 is 0 Å². The minimum atomic E-state index is 0.313. The summed E-state index contributed by atoms with van der Waals surface area (Å²) in [5.41, 5.74) is 0.995. The summed E-state index contributed by atoms with van der Waals surface area (Å²) in [5, 5.41) is 16.1. The highest BCUT2D eigenvalue weighted by atomic mass is 16.5. The Morgan fingerprint density at radius 3 is 3.06 bits per heavy atom. The molecule has 0 radical (unpaired) electrons. The Labute approximate surface area is 96.0 Å². The highest BCUT2D eigenvalue weighted by molar-refractivity contribution is 5.94. The SMILES string of the molecule is O/N=C1\[C@H]2CC[C@@H](C2)[C@H]1NC[C@@H]1CCCO1. The van der Waals surface area contributed by atoms with Gasteiger partial charge >= 0.3 is 0 Å². The molecule has 1 aliphatic heterocycles. The summed E-state index contributed by atoms with van der Waals surface area (Å²) in [4.78, 5) is 0. The van der Waals surface area contributed by atoms with Crippen LogP contribution in [0.3, 0.4) is 0 Å². The fraction of sp³-hybridized carbons (Fsp3) is 0.917. The number of hydrogen-bond donors (Lipinski definition) is 2. The van der Waals surface area contributed by atoms with E-state index in [1.54, 1.807) is 0 Å². The van der Waals surface area contributed by atoms with Crippen molar-refractivity contribution in [3.63, 3.8) is 0 Å². The van der Waals surface area contributed by atoms with E-state index in [1.807, 2.05) is 0 Å². The summed E-state index contributed by atoms with van der Waals surface area (Å²) in [6.45, 7) is 1.82. The van der Waals surface area contributed by atoms with E-state index in [9.17, 15) is 0 Å². The molecule has 2 aliphatic carbocycles. The normalized spacial score (nSPS) is 44.6. The van der Waals surface area contributed by atoms with Crippen LogP contribution in [0.5, 0.6) is 0 Å². The zero-order valence-corrected chi connectivity index (χ0v) is 9.56. The Balaban J connectivity index is 1.57. The predicted molar refractivity (Wildman–Crippen MR) is 60.8 cm³/mol. The largest absolute Gasteiger partial charge is 0.411 e. The lowest BCUT2D eigenvalue weighted by Gasteiger charge is -2.25. The molecule has 2 saturated carbocycles. The van der Waals surface area contributed by atoms with Crippen LogP contribution >= 0.6 is 0 Å². The zero-order chi connectivity index (χ0) is 11.0. The first-order valence-electron chi connectivity index (χ1n) is 6.45. The fourth-order valence-corrected chi connectivity index (χ4v) is 3.56. The van der Waals surface area contributed by atoms with Crippen LogP contribution in [0.1, 0.15) is 32.1 Å². The van der Waals surface area contributed by atoms with E-state index in [2.05, 4.69) is 10.5 Å². The second-order valence-corrected chi connectivity index (χ2v) is 5.32. The minimum Gasteiger partial charge on any atom is -0.411 e. The Bertz CT molecular complexity index is 287.